The van der Waals surface area contributed by atoms with Crippen LogP contribution in [0.1, 0.15) is 11.1 Å². The molecule has 2 aromatic rings. The predicted molar refractivity (Wildman–Crippen MR) is 70.3 cm³/mol. The van der Waals surface area contributed by atoms with Crippen molar-refractivity contribution in [3.63, 3.8) is 0 Å². The Labute approximate surface area is 109 Å². The molecule has 0 heterocycles. The fraction of sp³-hybridized carbons (Fsp3) is 0. The van der Waals surface area contributed by atoms with Gasteiger partial charge in [0.15, 0.2) is 0 Å². The molecule has 0 saturated heterocycles. The van der Waals surface area contributed by atoms with E-state index in [1.807, 2.05) is 30.3 Å². The van der Waals surface area contributed by atoms with Gasteiger partial charge in [0, 0.05) is 11.1 Å². The molecule has 0 spiro atoms. The van der Waals surface area contributed by atoms with Crippen molar-refractivity contribution in [1.29, 1.82) is 0 Å². The first-order valence-corrected chi connectivity index (χ1v) is 5.71. The summed E-state index contributed by atoms with van der Waals surface area (Å²) in [6.45, 7) is 0. The van der Waals surface area contributed by atoms with E-state index in [2.05, 4.69) is 5.16 Å². The molecule has 17 heavy (non-hydrogen) atoms. The molecule has 2 rings (SSSR count). The van der Waals surface area contributed by atoms with Crippen LogP contribution in [-0.2, 0) is 0 Å². The lowest BCUT2D eigenvalue weighted by atomic mass is 10.0. The van der Waals surface area contributed by atoms with Crippen LogP contribution in [0.3, 0.4) is 0 Å². The Morgan fingerprint density at radius 1 is 0.882 bits per heavy atom. The van der Waals surface area contributed by atoms with Gasteiger partial charge in [-0.2, -0.15) is 0 Å². The highest BCUT2D eigenvalue weighted by molar-refractivity contribution is 6.42. The Morgan fingerprint density at radius 2 is 1.59 bits per heavy atom. The molecule has 0 bridgehead atoms. The summed E-state index contributed by atoms with van der Waals surface area (Å²) in [5, 5.41) is 13.3. The minimum absolute atomic E-state index is 0.432. The summed E-state index contributed by atoms with van der Waals surface area (Å²) < 4.78 is 0. The van der Waals surface area contributed by atoms with Crippen LogP contribution < -0.4 is 0 Å². The maximum Gasteiger partial charge on any atom is 0.117 e. The smallest absolute Gasteiger partial charge is 0.117 e. The molecule has 0 aliphatic rings. The number of oxime groups is 1. The molecule has 0 aliphatic heterocycles. The Balaban J connectivity index is 2.47. The third kappa shape index (κ3) is 2.60. The minimum atomic E-state index is 0.432. The average molecular weight is 266 g/mol. The van der Waals surface area contributed by atoms with Crippen LogP contribution in [0.4, 0.5) is 0 Å². The summed E-state index contributed by atoms with van der Waals surface area (Å²) in [7, 11) is 0. The SMILES string of the molecule is O/N=C(\c1ccccc1)c1ccc(Cl)c(Cl)c1. The van der Waals surface area contributed by atoms with E-state index in [0.29, 0.717) is 21.3 Å². The van der Waals surface area contributed by atoms with Gasteiger partial charge in [-0.1, -0.05) is 64.8 Å². The summed E-state index contributed by atoms with van der Waals surface area (Å²) >= 11 is 11.8. The predicted octanol–water partition coefficient (Wildman–Crippen LogP) is 4.22. The van der Waals surface area contributed by atoms with Gasteiger partial charge in [-0.3, -0.25) is 0 Å². The van der Waals surface area contributed by atoms with Crippen molar-refractivity contribution in [3.8, 4) is 0 Å². The third-order valence-electron chi connectivity index (χ3n) is 2.34. The second-order valence-corrected chi connectivity index (χ2v) is 4.26. The number of hydrogen-bond donors (Lipinski definition) is 1. The van der Waals surface area contributed by atoms with Gasteiger partial charge in [0.1, 0.15) is 5.71 Å². The van der Waals surface area contributed by atoms with E-state index in [1.54, 1.807) is 18.2 Å². The number of hydrogen-bond acceptors (Lipinski definition) is 2. The Bertz CT molecular complexity index is 553. The second-order valence-electron chi connectivity index (χ2n) is 3.44. The largest absolute Gasteiger partial charge is 0.410 e. The van der Waals surface area contributed by atoms with E-state index in [0.717, 1.165) is 5.56 Å². The van der Waals surface area contributed by atoms with E-state index in [1.165, 1.54) is 0 Å². The molecule has 0 fully saturated rings. The van der Waals surface area contributed by atoms with E-state index in [9.17, 15) is 0 Å². The quantitative estimate of drug-likeness (QED) is 0.492. The molecular formula is C13H9Cl2NO. The maximum atomic E-state index is 9.10. The first-order valence-electron chi connectivity index (χ1n) is 4.95. The molecule has 0 saturated carbocycles. The van der Waals surface area contributed by atoms with E-state index < -0.39 is 0 Å². The lowest BCUT2D eigenvalue weighted by Gasteiger charge is -2.05. The zero-order chi connectivity index (χ0) is 12.3. The highest BCUT2D eigenvalue weighted by Crippen LogP contribution is 2.24. The zero-order valence-corrected chi connectivity index (χ0v) is 10.3. The van der Waals surface area contributed by atoms with Gasteiger partial charge in [-0.25, -0.2) is 0 Å². The molecule has 2 nitrogen and oxygen atoms in total. The fourth-order valence-corrected chi connectivity index (χ4v) is 1.82. The van der Waals surface area contributed by atoms with Crippen molar-refractivity contribution in [3.05, 3.63) is 69.7 Å². The topological polar surface area (TPSA) is 32.6 Å². The normalized spacial score (nSPS) is 11.5. The van der Waals surface area contributed by atoms with Crippen molar-refractivity contribution in [2.45, 2.75) is 0 Å². The second kappa shape index (κ2) is 5.21. The number of rotatable bonds is 2. The van der Waals surface area contributed by atoms with Gasteiger partial charge in [0.2, 0.25) is 0 Å². The molecule has 2 aromatic carbocycles. The van der Waals surface area contributed by atoms with Crippen LogP contribution >= 0.6 is 23.2 Å². The molecule has 0 radical (unpaired) electrons. The van der Waals surface area contributed by atoms with Gasteiger partial charge >= 0.3 is 0 Å². The Kier molecular flexibility index (Phi) is 3.67. The lowest BCUT2D eigenvalue weighted by Crippen LogP contribution is -2.02. The Hall–Kier alpha value is -1.51. The summed E-state index contributed by atoms with van der Waals surface area (Å²) in [4.78, 5) is 0. The van der Waals surface area contributed by atoms with E-state index >= 15 is 0 Å². The summed E-state index contributed by atoms with van der Waals surface area (Å²) in [6, 6.07) is 14.5. The molecule has 4 heteroatoms. The molecule has 1 N–H and O–H groups in total. The van der Waals surface area contributed by atoms with Crippen molar-refractivity contribution in [2.75, 3.05) is 0 Å². The first kappa shape index (κ1) is 12.0. The van der Waals surface area contributed by atoms with Crippen LogP contribution in [0.2, 0.25) is 10.0 Å². The van der Waals surface area contributed by atoms with Crippen molar-refractivity contribution >= 4 is 28.9 Å². The van der Waals surface area contributed by atoms with Gasteiger partial charge < -0.3 is 5.21 Å². The van der Waals surface area contributed by atoms with Crippen molar-refractivity contribution in [2.24, 2.45) is 5.16 Å². The van der Waals surface area contributed by atoms with Gasteiger partial charge in [0.05, 0.1) is 10.0 Å². The monoisotopic (exact) mass is 265 g/mol. The first-order chi connectivity index (χ1) is 8.22. The lowest BCUT2D eigenvalue weighted by molar-refractivity contribution is 0.319. The van der Waals surface area contributed by atoms with Gasteiger partial charge in [-0.05, 0) is 12.1 Å². The molecule has 86 valence electrons. The third-order valence-corrected chi connectivity index (χ3v) is 3.08. The average Bonchev–Trinajstić information content (AvgIpc) is 2.36. The molecule has 0 amide bonds. The van der Waals surface area contributed by atoms with Gasteiger partial charge in [-0.15, -0.1) is 0 Å². The van der Waals surface area contributed by atoms with E-state index in [4.69, 9.17) is 28.4 Å². The highest BCUT2D eigenvalue weighted by Gasteiger charge is 2.09. The fourth-order valence-electron chi connectivity index (χ4n) is 1.52. The standard InChI is InChI=1S/C13H9Cl2NO/c14-11-7-6-10(8-12(11)15)13(16-17)9-4-2-1-3-5-9/h1-8,17H/b16-13+. The number of halogens is 2. The van der Waals surface area contributed by atoms with Crippen molar-refractivity contribution in [1.82, 2.24) is 0 Å². The summed E-state index contributed by atoms with van der Waals surface area (Å²) in [5.41, 5.74) is 1.99. The van der Waals surface area contributed by atoms with Crippen LogP contribution in [0.25, 0.3) is 0 Å². The van der Waals surface area contributed by atoms with Crippen LogP contribution in [0.15, 0.2) is 53.7 Å². The van der Waals surface area contributed by atoms with Crippen LogP contribution in [0.5, 0.6) is 0 Å². The molecule has 0 atom stereocenters. The number of nitrogens with zero attached hydrogens (tertiary/aromatic N) is 1. The molecular weight excluding hydrogens is 257 g/mol. The summed E-state index contributed by atoms with van der Waals surface area (Å²) in [5.74, 6) is 0. The van der Waals surface area contributed by atoms with Crippen LogP contribution in [0, 0.1) is 0 Å². The van der Waals surface area contributed by atoms with Gasteiger partial charge in [0.25, 0.3) is 0 Å². The van der Waals surface area contributed by atoms with E-state index in [-0.39, 0.29) is 0 Å². The minimum Gasteiger partial charge on any atom is -0.410 e. The number of benzene rings is 2. The van der Waals surface area contributed by atoms with Crippen LogP contribution in [-0.4, -0.2) is 10.9 Å². The molecule has 0 unspecified atom stereocenters. The maximum absolute atomic E-state index is 9.10. The molecule has 0 aromatic heterocycles. The van der Waals surface area contributed by atoms with Crippen molar-refractivity contribution < 1.29 is 5.21 Å². The zero-order valence-electron chi connectivity index (χ0n) is 8.77. The summed E-state index contributed by atoms with van der Waals surface area (Å²) in [6.07, 6.45) is 0. The Morgan fingerprint density at radius 3 is 2.18 bits per heavy atom. The molecule has 0 aliphatic carbocycles. The highest BCUT2D eigenvalue weighted by atomic mass is 35.5.